The molecule has 0 radical (unpaired) electrons. The number of carbonyl (C=O) groups is 1. The van der Waals surface area contributed by atoms with E-state index in [-0.39, 0.29) is 5.91 Å². The van der Waals surface area contributed by atoms with Gasteiger partial charge in [0, 0.05) is 7.05 Å². The van der Waals surface area contributed by atoms with Crippen molar-refractivity contribution in [3.63, 3.8) is 0 Å². The van der Waals surface area contributed by atoms with Gasteiger partial charge in [0.2, 0.25) is 5.60 Å². The predicted octanol–water partition coefficient (Wildman–Crippen LogP) is 2.15. The van der Waals surface area contributed by atoms with Gasteiger partial charge in [0.25, 0.3) is 5.91 Å². The van der Waals surface area contributed by atoms with Crippen LogP contribution in [0, 0.1) is 0 Å². The van der Waals surface area contributed by atoms with Crippen molar-refractivity contribution in [2.24, 2.45) is 0 Å². The van der Waals surface area contributed by atoms with Gasteiger partial charge in [-0.3, -0.25) is 4.79 Å². The van der Waals surface area contributed by atoms with Gasteiger partial charge in [0.1, 0.15) is 0 Å². The highest BCUT2D eigenvalue weighted by Gasteiger charge is 2.42. The van der Waals surface area contributed by atoms with Gasteiger partial charge in [-0.05, 0) is 17.0 Å². The van der Waals surface area contributed by atoms with E-state index in [4.69, 9.17) is 0 Å². The topological polar surface area (TPSA) is 40.5 Å². The number of amides is 1. The fraction of sp³-hybridized carbons (Fsp3) is 0.389. The third kappa shape index (κ3) is 3.99. The molecule has 1 heterocycles. The molecule has 4 nitrogen and oxygen atoms in total. The number of thiophene rings is 1. The summed E-state index contributed by atoms with van der Waals surface area (Å²) in [5, 5.41) is 13.2. The van der Waals surface area contributed by atoms with Crippen LogP contribution in [-0.2, 0) is 10.4 Å². The molecule has 23 heavy (non-hydrogen) atoms. The van der Waals surface area contributed by atoms with Crippen LogP contribution in [0.3, 0.4) is 0 Å². The molecule has 5 heteroatoms. The number of likely N-dealkylation sites (N-methyl/N-ethyl adjacent to an activating group) is 2. The fourth-order valence-corrected chi connectivity index (χ4v) is 3.20. The second-order valence-electron chi connectivity index (χ2n) is 6.79. The standard InChI is InChI=1S/C18H25N2O2S/c1-19(12-13-20(2,3)4)17(21)18(22,16-11-8-14-23-16)15-9-6-5-7-10-15/h5-11,14,22H,12-13H2,1-4H3/q+1. The number of carbonyl (C=O) groups excluding carboxylic acids is 1. The minimum atomic E-state index is -1.63. The van der Waals surface area contributed by atoms with E-state index in [1.807, 2.05) is 35.7 Å². The number of hydrogen-bond donors (Lipinski definition) is 1. The summed E-state index contributed by atoms with van der Waals surface area (Å²) in [4.78, 5) is 15.3. The van der Waals surface area contributed by atoms with Crippen LogP contribution in [0.2, 0.25) is 0 Å². The Morgan fingerprint density at radius 2 is 1.83 bits per heavy atom. The molecule has 1 aromatic heterocycles. The first-order valence-electron chi connectivity index (χ1n) is 7.63. The highest BCUT2D eigenvalue weighted by atomic mass is 32.1. The van der Waals surface area contributed by atoms with Gasteiger partial charge in [-0.15, -0.1) is 11.3 Å². The molecule has 0 aliphatic rings. The van der Waals surface area contributed by atoms with Crippen molar-refractivity contribution in [1.29, 1.82) is 0 Å². The lowest BCUT2D eigenvalue weighted by molar-refractivity contribution is -0.869. The molecule has 1 unspecified atom stereocenters. The lowest BCUT2D eigenvalue weighted by Crippen LogP contribution is -2.49. The zero-order valence-corrected chi connectivity index (χ0v) is 15.0. The SMILES string of the molecule is CN(CC[N+](C)(C)C)C(=O)C(O)(c1ccccc1)c1cccs1. The molecule has 2 rings (SSSR count). The predicted molar refractivity (Wildman–Crippen MR) is 94.3 cm³/mol. The first-order chi connectivity index (χ1) is 10.7. The summed E-state index contributed by atoms with van der Waals surface area (Å²) in [7, 11) is 8.00. The van der Waals surface area contributed by atoms with Crippen molar-refractivity contribution < 1.29 is 14.4 Å². The van der Waals surface area contributed by atoms with E-state index >= 15 is 0 Å². The minimum absolute atomic E-state index is 0.292. The van der Waals surface area contributed by atoms with E-state index < -0.39 is 5.60 Å². The smallest absolute Gasteiger partial charge is 0.264 e. The maximum absolute atomic E-state index is 13.1. The molecule has 1 amide bonds. The second kappa shape index (κ2) is 6.83. The molecule has 0 bridgehead atoms. The number of nitrogens with zero attached hydrogens (tertiary/aromatic N) is 2. The summed E-state index contributed by atoms with van der Waals surface area (Å²) in [5.41, 5.74) is -1.03. The maximum Gasteiger partial charge on any atom is 0.264 e. The van der Waals surface area contributed by atoms with Crippen LogP contribution >= 0.6 is 11.3 Å². The minimum Gasteiger partial charge on any atom is -0.371 e. The number of quaternary nitrogens is 1. The largest absolute Gasteiger partial charge is 0.371 e. The van der Waals surface area contributed by atoms with E-state index in [0.717, 1.165) is 11.0 Å². The van der Waals surface area contributed by atoms with Crippen molar-refractivity contribution in [2.75, 3.05) is 41.3 Å². The average Bonchev–Trinajstić information content (AvgIpc) is 3.06. The maximum atomic E-state index is 13.1. The van der Waals surface area contributed by atoms with Crippen LogP contribution in [0.15, 0.2) is 47.8 Å². The molecule has 2 aromatic rings. The molecular formula is C18H25N2O2S+. The first kappa shape index (κ1) is 17.7. The molecule has 1 N–H and O–H groups in total. The lowest BCUT2D eigenvalue weighted by atomic mass is 9.90. The molecule has 0 fully saturated rings. The van der Waals surface area contributed by atoms with Crippen LogP contribution in [0.1, 0.15) is 10.4 Å². The second-order valence-corrected chi connectivity index (χ2v) is 7.74. The quantitative estimate of drug-likeness (QED) is 0.823. The molecule has 0 saturated heterocycles. The number of aliphatic hydroxyl groups is 1. The molecule has 0 aliphatic heterocycles. The lowest BCUT2D eigenvalue weighted by Gasteiger charge is -2.33. The van der Waals surface area contributed by atoms with E-state index in [9.17, 15) is 9.90 Å². The van der Waals surface area contributed by atoms with Crippen LogP contribution in [0.4, 0.5) is 0 Å². The van der Waals surface area contributed by atoms with Gasteiger partial charge < -0.3 is 14.5 Å². The molecule has 0 saturated carbocycles. The monoisotopic (exact) mass is 333 g/mol. The summed E-state index contributed by atoms with van der Waals surface area (Å²) < 4.78 is 0.764. The van der Waals surface area contributed by atoms with Crippen LogP contribution in [0.25, 0.3) is 0 Å². The van der Waals surface area contributed by atoms with Gasteiger partial charge in [-0.2, -0.15) is 0 Å². The van der Waals surface area contributed by atoms with Gasteiger partial charge in [0.05, 0.1) is 39.1 Å². The van der Waals surface area contributed by atoms with Gasteiger partial charge >= 0.3 is 0 Å². The third-order valence-electron chi connectivity index (χ3n) is 3.83. The Balaban J connectivity index is 2.33. The first-order valence-corrected chi connectivity index (χ1v) is 8.51. The Morgan fingerprint density at radius 1 is 1.17 bits per heavy atom. The summed E-state index contributed by atoms with van der Waals surface area (Å²) in [6.45, 7) is 1.40. The van der Waals surface area contributed by atoms with Crippen molar-refractivity contribution >= 4 is 17.2 Å². The third-order valence-corrected chi connectivity index (χ3v) is 4.81. The normalized spacial score (nSPS) is 14.3. The Kier molecular flexibility index (Phi) is 5.24. The summed E-state index contributed by atoms with van der Waals surface area (Å²) >= 11 is 1.39. The van der Waals surface area contributed by atoms with E-state index in [2.05, 4.69) is 21.1 Å². The molecular weight excluding hydrogens is 308 g/mol. The fourth-order valence-electron chi connectivity index (χ4n) is 2.36. The Morgan fingerprint density at radius 3 is 2.35 bits per heavy atom. The Labute approximate surface area is 142 Å². The molecule has 0 aliphatic carbocycles. The van der Waals surface area contributed by atoms with Crippen molar-refractivity contribution in [3.05, 3.63) is 58.3 Å². The Bertz CT molecular complexity index is 635. The molecule has 124 valence electrons. The van der Waals surface area contributed by atoms with Crippen molar-refractivity contribution in [3.8, 4) is 0 Å². The zero-order chi connectivity index (χ0) is 17.1. The van der Waals surface area contributed by atoms with E-state index in [1.165, 1.54) is 11.3 Å². The number of benzene rings is 1. The summed E-state index contributed by atoms with van der Waals surface area (Å²) in [6, 6.07) is 12.8. The zero-order valence-electron chi connectivity index (χ0n) is 14.2. The summed E-state index contributed by atoms with van der Waals surface area (Å²) in [6.07, 6.45) is 0. The van der Waals surface area contributed by atoms with Crippen LogP contribution in [-0.4, -0.2) is 61.7 Å². The van der Waals surface area contributed by atoms with E-state index in [0.29, 0.717) is 17.0 Å². The van der Waals surface area contributed by atoms with Crippen molar-refractivity contribution in [2.45, 2.75) is 5.60 Å². The van der Waals surface area contributed by atoms with Crippen LogP contribution < -0.4 is 0 Å². The summed E-state index contributed by atoms with van der Waals surface area (Å²) in [5.74, 6) is -0.292. The molecule has 1 aromatic carbocycles. The van der Waals surface area contributed by atoms with Crippen LogP contribution in [0.5, 0.6) is 0 Å². The van der Waals surface area contributed by atoms with Gasteiger partial charge in [-0.1, -0.05) is 36.4 Å². The number of rotatable bonds is 6. The Hall–Kier alpha value is -1.69. The number of hydrogen-bond acceptors (Lipinski definition) is 3. The molecule has 0 spiro atoms. The van der Waals surface area contributed by atoms with E-state index in [1.54, 1.807) is 24.1 Å². The molecule has 1 atom stereocenters. The average molecular weight is 333 g/mol. The van der Waals surface area contributed by atoms with Crippen molar-refractivity contribution in [1.82, 2.24) is 4.90 Å². The van der Waals surface area contributed by atoms with Gasteiger partial charge in [0.15, 0.2) is 0 Å². The highest BCUT2D eigenvalue weighted by Crippen LogP contribution is 2.34. The van der Waals surface area contributed by atoms with Gasteiger partial charge in [-0.25, -0.2) is 0 Å². The highest BCUT2D eigenvalue weighted by molar-refractivity contribution is 7.10.